The lowest BCUT2D eigenvalue weighted by Gasteiger charge is -2.33. The monoisotopic (exact) mass is 288 g/mol. The number of urea groups is 1. The summed E-state index contributed by atoms with van der Waals surface area (Å²) in [6.45, 7) is 10.8. The average Bonchev–Trinajstić information content (AvgIpc) is 2.65. The molecule has 2 N–H and O–H groups in total. The molecular weight excluding hydrogens is 260 g/mol. The molecule has 21 heavy (non-hydrogen) atoms. The van der Waals surface area contributed by atoms with E-state index in [1.807, 2.05) is 0 Å². The second kappa shape index (κ2) is 5.70. The van der Waals surface area contributed by atoms with Crippen molar-refractivity contribution in [3.63, 3.8) is 0 Å². The highest BCUT2D eigenvalue weighted by atomic mass is 16.2. The van der Waals surface area contributed by atoms with Gasteiger partial charge in [0, 0.05) is 11.6 Å². The molecule has 0 radical (unpaired) electrons. The van der Waals surface area contributed by atoms with Crippen LogP contribution in [0.4, 0.5) is 4.79 Å². The summed E-state index contributed by atoms with van der Waals surface area (Å²) in [5.41, 5.74) is 2.71. The van der Waals surface area contributed by atoms with Crippen molar-refractivity contribution < 1.29 is 4.79 Å². The molecule has 116 valence electrons. The van der Waals surface area contributed by atoms with E-state index in [0.29, 0.717) is 0 Å². The Morgan fingerprint density at radius 1 is 1.10 bits per heavy atom. The molecule has 0 fully saturated rings. The zero-order valence-electron chi connectivity index (χ0n) is 13.9. The number of carbonyl (C=O) groups excluding carboxylic acids is 1. The van der Waals surface area contributed by atoms with Gasteiger partial charge < -0.3 is 10.6 Å². The Bertz CT molecular complexity index is 489. The van der Waals surface area contributed by atoms with E-state index in [0.717, 1.165) is 19.3 Å². The minimum atomic E-state index is -0.201. The van der Waals surface area contributed by atoms with Crippen molar-refractivity contribution >= 4 is 6.03 Å². The first-order chi connectivity index (χ1) is 9.65. The van der Waals surface area contributed by atoms with Crippen molar-refractivity contribution in [1.82, 2.24) is 10.6 Å². The molecule has 2 rings (SSSR count). The van der Waals surface area contributed by atoms with Crippen LogP contribution < -0.4 is 10.6 Å². The Hall–Kier alpha value is -1.51. The summed E-state index contributed by atoms with van der Waals surface area (Å²) in [6, 6.07) is 8.59. The first-order valence-corrected chi connectivity index (χ1v) is 7.80. The fraction of sp³-hybridized carbons (Fsp3) is 0.611. The van der Waals surface area contributed by atoms with Crippen LogP contribution in [0.1, 0.15) is 52.2 Å². The van der Waals surface area contributed by atoms with Crippen LogP contribution in [0.5, 0.6) is 0 Å². The minimum absolute atomic E-state index is 0.0537. The number of amides is 2. The second-order valence-corrected chi connectivity index (χ2v) is 8.09. The third-order valence-corrected chi connectivity index (χ3v) is 3.81. The molecule has 0 unspecified atom stereocenters. The molecule has 1 aromatic rings. The third kappa shape index (κ3) is 4.76. The highest BCUT2D eigenvalue weighted by molar-refractivity contribution is 5.75. The van der Waals surface area contributed by atoms with Gasteiger partial charge in [-0.05, 0) is 49.7 Å². The van der Waals surface area contributed by atoms with E-state index in [2.05, 4.69) is 69.5 Å². The zero-order valence-corrected chi connectivity index (χ0v) is 13.9. The molecule has 3 nitrogen and oxygen atoms in total. The molecule has 1 aliphatic rings. The first-order valence-electron chi connectivity index (χ1n) is 7.80. The van der Waals surface area contributed by atoms with Gasteiger partial charge in [-0.1, -0.05) is 45.0 Å². The van der Waals surface area contributed by atoms with Gasteiger partial charge in [-0.2, -0.15) is 0 Å². The van der Waals surface area contributed by atoms with Crippen molar-refractivity contribution in [3.05, 3.63) is 35.4 Å². The normalized spacial score (nSPS) is 15.7. The fourth-order valence-corrected chi connectivity index (χ4v) is 3.56. The summed E-state index contributed by atoms with van der Waals surface area (Å²) in [4.78, 5) is 12.2. The smallest absolute Gasteiger partial charge is 0.315 e. The Morgan fingerprint density at radius 3 is 2.10 bits per heavy atom. The number of benzene rings is 1. The van der Waals surface area contributed by atoms with Crippen molar-refractivity contribution in [2.45, 2.75) is 65.5 Å². The number of hydrogen-bond acceptors (Lipinski definition) is 1. The van der Waals surface area contributed by atoms with Crippen molar-refractivity contribution in [2.24, 2.45) is 5.41 Å². The Balaban J connectivity index is 1.86. The fourth-order valence-electron chi connectivity index (χ4n) is 3.56. The van der Waals surface area contributed by atoms with Crippen molar-refractivity contribution in [1.29, 1.82) is 0 Å². The van der Waals surface area contributed by atoms with Gasteiger partial charge in [-0.25, -0.2) is 4.79 Å². The minimum Gasteiger partial charge on any atom is -0.335 e. The van der Waals surface area contributed by atoms with E-state index < -0.39 is 0 Å². The van der Waals surface area contributed by atoms with E-state index in [9.17, 15) is 4.79 Å². The molecule has 0 saturated heterocycles. The van der Waals surface area contributed by atoms with Gasteiger partial charge in [0.25, 0.3) is 0 Å². The van der Waals surface area contributed by atoms with E-state index >= 15 is 0 Å². The molecule has 0 aliphatic heterocycles. The lowest BCUT2D eigenvalue weighted by molar-refractivity contribution is 0.208. The molecule has 0 bridgehead atoms. The molecule has 0 spiro atoms. The topological polar surface area (TPSA) is 41.1 Å². The van der Waals surface area contributed by atoms with Crippen LogP contribution in [-0.2, 0) is 12.8 Å². The van der Waals surface area contributed by atoms with E-state index in [4.69, 9.17) is 0 Å². The van der Waals surface area contributed by atoms with E-state index in [1.165, 1.54) is 11.1 Å². The van der Waals surface area contributed by atoms with Gasteiger partial charge >= 0.3 is 6.03 Å². The average molecular weight is 288 g/mol. The van der Waals surface area contributed by atoms with Gasteiger partial charge in [-0.15, -0.1) is 0 Å². The van der Waals surface area contributed by atoms with Crippen LogP contribution in [0, 0.1) is 5.41 Å². The molecule has 0 heterocycles. The van der Waals surface area contributed by atoms with Crippen LogP contribution in [0.15, 0.2) is 24.3 Å². The maximum atomic E-state index is 12.2. The van der Waals surface area contributed by atoms with Gasteiger partial charge in [0.2, 0.25) is 0 Å². The first kappa shape index (κ1) is 15.9. The molecule has 0 aromatic heterocycles. The van der Waals surface area contributed by atoms with Crippen LogP contribution in [0.2, 0.25) is 0 Å². The predicted octanol–water partition coefficient (Wildman–Crippen LogP) is 3.67. The maximum absolute atomic E-state index is 12.2. The van der Waals surface area contributed by atoms with E-state index in [-0.39, 0.29) is 23.0 Å². The number of fused-ring (bicyclic) bond motifs is 1. The molecule has 1 aliphatic carbocycles. The number of hydrogen-bond donors (Lipinski definition) is 2. The zero-order chi connectivity index (χ0) is 15.7. The van der Waals surface area contributed by atoms with Crippen LogP contribution in [0.3, 0.4) is 0 Å². The van der Waals surface area contributed by atoms with Crippen molar-refractivity contribution in [3.8, 4) is 0 Å². The van der Waals surface area contributed by atoms with Crippen LogP contribution in [-0.4, -0.2) is 17.6 Å². The van der Waals surface area contributed by atoms with Gasteiger partial charge in [0.1, 0.15) is 0 Å². The van der Waals surface area contributed by atoms with Gasteiger partial charge in [0.15, 0.2) is 0 Å². The molecule has 0 atom stereocenters. The highest BCUT2D eigenvalue weighted by Crippen LogP contribution is 2.27. The molecule has 1 aromatic carbocycles. The Morgan fingerprint density at radius 2 is 1.62 bits per heavy atom. The Kier molecular flexibility index (Phi) is 4.31. The summed E-state index contributed by atoms with van der Waals surface area (Å²) in [5.74, 6) is 0. The summed E-state index contributed by atoms with van der Waals surface area (Å²) in [6.07, 6.45) is 2.81. The summed E-state index contributed by atoms with van der Waals surface area (Å²) >= 11 is 0. The largest absolute Gasteiger partial charge is 0.335 e. The van der Waals surface area contributed by atoms with Crippen LogP contribution >= 0.6 is 0 Å². The number of carbonyl (C=O) groups is 1. The highest BCUT2D eigenvalue weighted by Gasteiger charge is 2.28. The summed E-state index contributed by atoms with van der Waals surface area (Å²) < 4.78 is 0. The molecule has 0 saturated carbocycles. The quantitative estimate of drug-likeness (QED) is 0.875. The van der Waals surface area contributed by atoms with Gasteiger partial charge in [0.05, 0.1) is 0 Å². The third-order valence-electron chi connectivity index (χ3n) is 3.81. The molecular formula is C18H28N2O. The van der Waals surface area contributed by atoms with Crippen LogP contribution in [0.25, 0.3) is 0 Å². The Labute approximate surface area is 128 Å². The SMILES string of the molecule is CC(C)(C)CC(C)(C)NC(=O)NC1Cc2ccccc2C1. The summed E-state index contributed by atoms with van der Waals surface area (Å²) in [7, 11) is 0. The standard InChI is InChI=1S/C18H28N2O/c1-17(2,3)12-18(4,5)20-16(21)19-15-10-13-8-6-7-9-14(13)11-15/h6-9,15H,10-12H2,1-5H3,(H2,19,20,21). The predicted molar refractivity (Wildman–Crippen MR) is 87.5 cm³/mol. The second-order valence-electron chi connectivity index (χ2n) is 8.09. The number of nitrogens with one attached hydrogen (secondary N) is 2. The maximum Gasteiger partial charge on any atom is 0.315 e. The summed E-state index contributed by atoms with van der Waals surface area (Å²) in [5, 5.41) is 6.23. The van der Waals surface area contributed by atoms with E-state index in [1.54, 1.807) is 0 Å². The van der Waals surface area contributed by atoms with Crippen molar-refractivity contribution in [2.75, 3.05) is 0 Å². The molecule has 3 heteroatoms. The lowest BCUT2D eigenvalue weighted by Crippen LogP contribution is -2.52. The van der Waals surface area contributed by atoms with Gasteiger partial charge in [-0.3, -0.25) is 0 Å². The number of rotatable bonds is 3. The lowest BCUT2D eigenvalue weighted by atomic mass is 9.82. The molecule has 2 amide bonds.